The topological polar surface area (TPSA) is 79.2 Å². The minimum absolute atomic E-state index is 0.279. The van der Waals surface area contributed by atoms with Crippen molar-refractivity contribution in [2.24, 2.45) is 0 Å². The van der Waals surface area contributed by atoms with E-state index in [1.54, 1.807) is 19.1 Å². The number of nitrogens with one attached hydrogen (secondary N) is 1. The molecule has 0 aliphatic heterocycles. The van der Waals surface area contributed by atoms with Gasteiger partial charge in [-0.2, -0.15) is 5.26 Å². The summed E-state index contributed by atoms with van der Waals surface area (Å²) in [6.45, 7) is 2.10. The zero-order valence-corrected chi connectivity index (χ0v) is 14.6. The maximum absolute atomic E-state index is 12.5. The number of carbonyl (C=O) groups excluding carboxylic acids is 2. The van der Waals surface area contributed by atoms with Gasteiger partial charge in [0.15, 0.2) is 6.29 Å². The second kappa shape index (κ2) is 7.60. The van der Waals surface area contributed by atoms with Gasteiger partial charge < -0.3 is 10.1 Å². The highest BCUT2D eigenvalue weighted by molar-refractivity contribution is 9.10. The Morgan fingerprint density at radius 1 is 1.43 bits per heavy atom. The second-order valence-electron chi connectivity index (χ2n) is 5.61. The number of nitrogens with zero attached hydrogens (tertiary/aromatic N) is 1. The molecule has 122 valence electrons. The Morgan fingerprint density at radius 2 is 2.13 bits per heavy atom. The fourth-order valence-electron chi connectivity index (χ4n) is 2.96. The summed E-state index contributed by atoms with van der Waals surface area (Å²) < 4.78 is 5.69. The zero-order valence-electron chi connectivity index (χ0n) is 13.0. The van der Waals surface area contributed by atoms with E-state index in [2.05, 4.69) is 27.3 Å². The van der Waals surface area contributed by atoms with Crippen LogP contribution in [0.4, 0.5) is 5.69 Å². The molecule has 1 aliphatic carbocycles. The van der Waals surface area contributed by atoms with Crippen LogP contribution in [0.2, 0.25) is 0 Å². The predicted molar refractivity (Wildman–Crippen MR) is 90.3 cm³/mol. The van der Waals surface area contributed by atoms with Crippen molar-refractivity contribution in [3.8, 4) is 6.07 Å². The number of aldehydes is 1. The van der Waals surface area contributed by atoms with E-state index in [9.17, 15) is 14.9 Å². The number of nitriles is 1. The van der Waals surface area contributed by atoms with Crippen molar-refractivity contribution in [1.82, 2.24) is 0 Å². The second-order valence-corrected chi connectivity index (χ2v) is 6.40. The van der Waals surface area contributed by atoms with Crippen LogP contribution in [0.5, 0.6) is 0 Å². The van der Waals surface area contributed by atoms with Gasteiger partial charge in [-0.05, 0) is 47.8 Å². The molecule has 1 aliphatic rings. The molecule has 0 unspecified atom stereocenters. The Bertz CT molecular complexity index is 646. The minimum atomic E-state index is -0.804. The van der Waals surface area contributed by atoms with Crippen LogP contribution in [0.15, 0.2) is 16.6 Å². The predicted octanol–water partition coefficient (Wildman–Crippen LogP) is 3.81. The fraction of sp³-hybridized carbons (Fsp3) is 0.471. The highest BCUT2D eigenvalue weighted by Crippen LogP contribution is 2.36. The number of rotatable bonds is 5. The molecule has 1 aromatic rings. The van der Waals surface area contributed by atoms with Crippen molar-refractivity contribution in [3.63, 3.8) is 0 Å². The van der Waals surface area contributed by atoms with E-state index in [1.165, 1.54) is 0 Å². The Balaban J connectivity index is 2.41. The summed E-state index contributed by atoms with van der Waals surface area (Å²) in [5.74, 6) is -0.279. The summed E-state index contributed by atoms with van der Waals surface area (Å²) in [6.07, 6.45) is 4.98. The third-order valence-electron chi connectivity index (χ3n) is 4.16. The van der Waals surface area contributed by atoms with E-state index < -0.39 is 5.54 Å². The number of hydrogen-bond donors (Lipinski definition) is 1. The number of esters is 1. The lowest BCUT2D eigenvalue weighted by molar-refractivity contribution is -0.149. The molecule has 0 bridgehead atoms. The van der Waals surface area contributed by atoms with Crippen LogP contribution in [0, 0.1) is 11.3 Å². The van der Waals surface area contributed by atoms with Gasteiger partial charge in [-0.3, -0.25) is 4.79 Å². The molecule has 0 aromatic heterocycles. The number of hydrogen-bond acceptors (Lipinski definition) is 5. The largest absolute Gasteiger partial charge is 0.464 e. The summed E-state index contributed by atoms with van der Waals surface area (Å²) >= 11 is 3.29. The quantitative estimate of drug-likeness (QED) is 0.622. The standard InChI is InChI=1S/C17H19BrN2O3/c1-2-23-16(22)17(8-4-3-5-9-17)20-14-7-6-12(11-21)15(18)13(14)10-19/h6-7,11,20H,2-5,8-9H2,1H3. The molecule has 6 heteroatoms. The Morgan fingerprint density at radius 3 is 2.70 bits per heavy atom. The summed E-state index contributed by atoms with van der Waals surface area (Å²) in [5.41, 5.74) is 0.465. The van der Waals surface area contributed by atoms with Crippen LogP contribution in [0.1, 0.15) is 54.9 Å². The average molecular weight is 379 g/mol. The number of anilines is 1. The summed E-state index contributed by atoms with van der Waals surface area (Å²) in [5, 5.41) is 12.7. The third-order valence-corrected chi connectivity index (χ3v) is 5.01. The Hall–Kier alpha value is -1.87. The van der Waals surface area contributed by atoms with Crippen molar-refractivity contribution in [2.45, 2.75) is 44.6 Å². The molecule has 0 spiro atoms. The molecular formula is C17H19BrN2O3. The molecule has 0 atom stereocenters. The van der Waals surface area contributed by atoms with Crippen molar-refractivity contribution >= 4 is 33.9 Å². The highest BCUT2D eigenvalue weighted by Gasteiger charge is 2.41. The maximum atomic E-state index is 12.5. The van der Waals surface area contributed by atoms with Crippen molar-refractivity contribution in [2.75, 3.05) is 11.9 Å². The fourth-order valence-corrected chi connectivity index (χ4v) is 3.49. The van der Waals surface area contributed by atoms with Gasteiger partial charge in [0.1, 0.15) is 11.6 Å². The first-order valence-electron chi connectivity index (χ1n) is 7.71. The van der Waals surface area contributed by atoms with E-state index in [4.69, 9.17) is 4.74 Å². The molecule has 0 radical (unpaired) electrons. The SMILES string of the molecule is CCOC(=O)C1(Nc2ccc(C=O)c(Br)c2C#N)CCCCC1. The van der Waals surface area contributed by atoms with Crippen LogP contribution in [0.25, 0.3) is 0 Å². The third kappa shape index (κ3) is 3.56. The van der Waals surface area contributed by atoms with Crippen molar-refractivity contribution in [1.29, 1.82) is 5.26 Å². The van der Waals surface area contributed by atoms with Gasteiger partial charge >= 0.3 is 5.97 Å². The van der Waals surface area contributed by atoms with Crippen molar-refractivity contribution in [3.05, 3.63) is 27.7 Å². The average Bonchev–Trinajstić information content (AvgIpc) is 2.56. The molecule has 0 heterocycles. The van der Waals surface area contributed by atoms with Gasteiger partial charge in [0.25, 0.3) is 0 Å². The minimum Gasteiger partial charge on any atom is -0.464 e. The van der Waals surface area contributed by atoms with E-state index >= 15 is 0 Å². The summed E-state index contributed by atoms with van der Waals surface area (Å²) in [6, 6.07) is 5.39. The van der Waals surface area contributed by atoms with E-state index in [-0.39, 0.29) is 5.97 Å². The lowest BCUT2D eigenvalue weighted by Gasteiger charge is -2.36. The zero-order chi connectivity index (χ0) is 16.9. The smallest absolute Gasteiger partial charge is 0.331 e. The number of benzene rings is 1. The lowest BCUT2D eigenvalue weighted by Crippen LogP contribution is -2.49. The van der Waals surface area contributed by atoms with Gasteiger partial charge in [-0.1, -0.05) is 19.3 Å². The van der Waals surface area contributed by atoms with Crippen LogP contribution < -0.4 is 5.32 Å². The first kappa shape index (κ1) is 17.5. The van der Waals surface area contributed by atoms with Gasteiger partial charge in [0.2, 0.25) is 0 Å². The van der Waals surface area contributed by atoms with Crippen LogP contribution in [0.3, 0.4) is 0 Å². The van der Waals surface area contributed by atoms with Crippen LogP contribution in [-0.2, 0) is 9.53 Å². The monoisotopic (exact) mass is 378 g/mol. The first-order chi connectivity index (χ1) is 11.1. The molecule has 23 heavy (non-hydrogen) atoms. The molecule has 0 amide bonds. The van der Waals surface area contributed by atoms with Crippen LogP contribution in [-0.4, -0.2) is 24.4 Å². The Labute approximate surface area is 144 Å². The normalized spacial score (nSPS) is 16.2. The molecule has 1 saturated carbocycles. The Kier molecular flexibility index (Phi) is 5.78. The van der Waals surface area contributed by atoms with Gasteiger partial charge in [0, 0.05) is 10.0 Å². The lowest BCUT2D eigenvalue weighted by atomic mass is 9.81. The molecule has 1 aromatic carbocycles. The summed E-state index contributed by atoms with van der Waals surface area (Å²) in [4.78, 5) is 23.5. The van der Waals surface area contributed by atoms with E-state index in [0.29, 0.717) is 47.0 Å². The molecule has 1 N–H and O–H groups in total. The van der Waals surface area contributed by atoms with Crippen LogP contribution >= 0.6 is 15.9 Å². The molecule has 1 fully saturated rings. The highest BCUT2D eigenvalue weighted by atomic mass is 79.9. The number of carbonyl (C=O) groups is 2. The summed E-state index contributed by atoms with van der Waals surface area (Å²) in [7, 11) is 0. The first-order valence-corrected chi connectivity index (χ1v) is 8.50. The molecule has 5 nitrogen and oxygen atoms in total. The molecule has 0 saturated heterocycles. The van der Waals surface area contributed by atoms with Gasteiger partial charge in [-0.25, -0.2) is 4.79 Å². The van der Waals surface area contributed by atoms with Gasteiger partial charge in [0.05, 0.1) is 17.9 Å². The van der Waals surface area contributed by atoms with E-state index in [0.717, 1.165) is 19.3 Å². The number of ether oxygens (including phenoxy) is 1. The van der Waals surface area contributed by atoms with Crippen molar-refractivity contribution < 1.29 is 14.3 Å². The number of halogens is 1. The molecule has 2 rings (SSSR count). The van der Waals surface area contributed by atoms with Gasteiger partial charge in [-0.15, -0.1) is 0 Å². The maximum Gasteiger partial charge on any atom is 0.331 e. The molecular weight excluding hydrogens is 360 g/mol. The van der Waals surface area contributed by atoms with E-state index in [1.807, 2.05) is 0 Å².